The summed E-state index contributed by atoms with van der Waals surface area (Å²) in [6, 6.07) is 6.42. The van der Waals surface area contributed by atoms with Crippen molar-refractivity contribution in [2.45, 2.75) is 38.0 Å². The molecule has 1 aliphatic rings. The summed E-state index contributed by atoms with van der Waals surface area (Å²) in [7, 11) is 0. The van der Waals surface area contributed by atoms with Crippen LogP contribution in [0.5, 0.6) is 5.75 Å². The zero-order valence-corrected chi connectivity index (χ0v) is 13.3. The molecule has 0 aromatic heterocycles. The number of carbonyl (C=O) groups is 1. The largest absolute Gasteiger partial charge is 0.484 e. The zero-order chi connectivity index (χ0) is 16.2. The number of benzene rings is 1. The number of nitrogens with two attached hydrogens (primary N) is 1. The highest BCUT2D eigenvalue weighted by molar-refractivity contribution is 5.85. The van der Waals surface area contributed by atoms with Crippen LogP contribution in [0.4, 0.5) is 13.2 Å². The van der Waals surface area contributed by atoms with E-state index >= 15 is 0 Å². The van der Waals surface area contributed by atoms with Gasteiger partial charge in [0.25, 0.3) is 0 Å². The predicted octanol–water partition coefficient (Wildman–Crippen LogP) is 2.79. The van der Waals surface area contributed by atoms with E-state index in [1.54, 1.807) is 18.2 Å². The number of amides is 1. The summed E-state index contributed by atoms with van der Waals surface area (Å²) in [4.78, 5) is 12.0. The van der Waals surface area contributed by atoms with Crippen LogP contribution >= 0.6 is 12.4 Å². The Morgan fingerprint density at radius 2 is 2.00 bits per heavy atom. The average Bonchev–Trinajstić information content (AvgIpc) is 2.89. The summed E-state index contributed by atoms with van der Waals surface area (Å²) in [5.41, 5.74) is 6.28. The first kappa shape index (κ1) is 19.6. The molecule has 0 spiro atoms. The number of rotatable bonds is 5. The molecular formula is C15H20ClF3N2O2. The van der Waals surface area contributed by atoms with Gasteiger partial charge < -0.3 is 15.8 Å². The van der Waals surface area contributed by atoms with Gasteiger partial charge in [-0.15, -0.1) is 12.4 Å². The number of hydrogen-bond donors (Lipinski definition) is 2. The number of nitrogens with one attached hydrogen (secondary N) is 1. The lowest BCUT2D eigenvalue weighted by atomic mass is 10.1. The molecule has 0 heterocycles. The van der Waals surface area contributed by atoms with Gasteiger partial charge in [0.2, 0.25) is 5.91 Å². The lowest BCUT2D eigenvalue weighted by molar-refractivity contribution is -0.153. The van der Waals surface area contributed by atoms with E-state index in [0.29, 0.717) is 12.0 Å². The van der Waals surface area contributed by atoms with E-state index in [1.165, 1.54) is 6.07 Å². The number of halogens is 4. The van der Waals surface area contributed by atoms with Crippen LogP contribution in [0.2, 0.25) is 0 Å². The van der Waals surface area contributed by atoms with Gasteiger partial charge in [0.05, 0.1) is 0 Å². The summed E-state index contributed by atoms with van der Waals surface area (Å²) < 4.78 is 41.4. The molecule has 2 atom stereocenters. The van der Waals surface area contributed by atoms with Crippen molar-refractivity contribution < 1.29 is 22.7 Å². The number of ether oxygens (including phenoxy) is 1. The molecule has 0 aliphatic heterocycles. The lowest BCUT2D eigenvalue weighted by Gasteiger charge is -2.15. The molecule has 1 aliphatic carbocycles. The van der Waals surface area contributed by atoms with Gasteiger partial charge in [-0.2, -0.15) is 13.2 Å². The highest BCUT2D eigenvalue weighted by atomic mass is 35.5. The Hall–Kier alpha value is -1.47. The molecule has 1 fully saturated rings. The van der Waals surface area contributed by atoms with Crippen LogP contribution in [0.15, 0.2) is 24.3 Å². The van der Waals surface area contributed by atoms with Crippen molar-refractivity contribution in [3.63, 3.8) is 0 Å². The van der Waals surface area contributed by atoms with Crippen molar-refractivity contribution in [3.8, 4) is 5.75 Å². The maximum Gasteiger partial charge on any atom is 0.422 e. The van der Waals surface area contributed by atoms with E-state index in [0.717, 1.165) is 12.8 Å². The summed E-state index contributed by atoms with van der Waals surface area (Å²) in [5.74, 6) is -0.0971. The van der Waals surface area contributed by atoms with Crippen LogP contribution in [0.3, 0.4) is 0 Å². The number of alkyl halides is 3. The second kappa shape index (κ2) is 8.40. The maximum atomic E-state index is 12.2. The van der Waals surface area contributed by atoms with Crippen molar-refractivity contribution in [2.24, 2.45) is 11.7 Å². The Kier molecular flexibility index (Phi) is 7.15. The van der Waals surface area contributed by atoms with Gasteiger partial charge in [0.15, 0.2) is 6.61 Å². The van der Waals surface area contributed by atoms with Gasteiger partial charge in [0.1, 0.15) is 5.75 Å². The summed E-state index contributed by atoms with van der Waals surface area (Å²) in [6.45, 7) is -1.21. The Balaban J connectivity index is 0.00000264. The van der Waals surface area contributed by atoms with E-state index in [9.17, 15) is 18.0 Å². The van der Waals surface area contributed by atoms with Crippen molar-refractivity contribution in [1.29, 1.82) is 0 Å². The minimum absolute atomic E-state index is 0. The van der Waals surface area contributed by atoms with Crippen molar-refractivity contribution in [2.75, 3.05) is 6.61 Å². The van der Waals surface area contributed by atoms with Crippen LogP contribution in [0.25, 0.3) is 0 Å². The minimum Gasteiger partial charge on any atom is -0.484 e. The number of carbonyl (C=O) groups excluding carboxylic acids is 1. The molecule has 130 valence electrons. The molecule has 0 bridgehead atoms. The molecule has 0 radical (unpaired) electrons. The fraction of sp³-hybridized carbons (Fsp3) is 0.533. The van der Waals surface area contributed by atoms with Gasteiger partial charge in [-0.05, 0) is 25.3 Å². The lowest BCUT2D eigenvalue weighted by Crippen LogP contribution is -2.30. The molecule has 1 aromatic rings. The van der Waals surface area contributed by atoms with Crippen molar-refractivity contribution in [3.05, 3.63) is 29.8 Å². The van der Waals surface area contributed by atoms with Crippen LogP contribution in [0, 0.1) is 5.92 Å². The number of hydrogen-bond acceptors (Lipinski definition) is 3. The van der Waals surface area contributed by atoms with E-state index < -0.39 is 12.8 Å². The van der Waals surface area contributed by atoms with E-state index in [4.69, 9.17) is 10.5 Å². The Labute approximate surface area is 139 Å². The molecule has 1 aromatic carbocycles. The molecule has 2 unspecified atom stereocenters. The second-order valence-corrected chi connectivity index (χ2v) is 5.50. The van der Waals surface area contributed by atoms with Gasteiger partial charge in [-0.25, -0.2) is 0 Å². The second-order valence-electron chi connectivity index (χ2n) is 5.50. The quantitative estimate of drug-likeness (QED) is 0.856. The normalized spacial score (nSPS) is 20.7. The Morgan fingerprint density at radius 3 is 2.61 bits per heavy atom. The van der Waals surface area contributed by atoms with E-state index in [2.05, 4.69) is 5.32 Å². The van der Waals surface area contributed by atoms with Gasteiger partial charge in [-0.3, -0.25) is 4.79 Å². The molecule has 23 heavy (non-hydrogen) atoms. The summed E-state index contributed by atoms with van der Waals surface area (Å²) in [6.07, 6.45) is -2.17. The third kappa shape index (κ3) is 6.27. The Morgan fingerprint density at radius 1 is 1.30 bits per heavy atom. The molecule has 2 rings (SSSR count). The molecule has 4 nitrogen and oxygen atoms in total. The fourth-order valence-corrected chi connectivity index (χ4v) is 2.53. The standard InChI is InChI=1S/C15H19F3N2O2.ClH/c16-15(17,18)9-22-13-4-2-1-3-11(13)8-20-14(21)10-5-6-12(19)7-10;/h1-4,10,12H,5-9,19H2,(H,20,21);1H. The summed E-state index contributed by atoms with van der Waals surface area (Å²) >= 11 is 0. The van der Waals surface area contributed by atoms with Crippen LogP contribution in [0.1, 0.15) is 24.8 Å². The van der Waals surface area contributed by atoms with Crippen LogP contribution in [-0.4, -0.2) is 24.7 Å². The number of para-hydroxylation sites is 1. The van der Waals surface area contributed by atoms with Gasteiger partial charge in [-0.1, -0.05) is 18.2 Å². The third-order valence-corrected chi connectivity index (χ3v) is 3.66. The van der Waals surface area contributed by atoms with Crippen LogP contribution < -0.4 is 15.8 Å². The average molecular weight is 353 g/mol. The van der Waals surface area contributed by atoms with Gasteiger partial charge in [0, 0.05) is 24.1 Å². The minimum atomic E-state index is -4.39. The van der Waals surface area contributed by atoms with Gasteiger partial charge >= 0.3 is 6.18 Å². The SMILES string of the molecule is Cl.NC1CCC(C(=O)NCc2ccccc2OCC(F)(F)F)C1. The third-order valence-electron chi connectivity index (χ3n) is 3.66. The topological polar surface area (TPSA) is 64.4 Å². The molecule has 8 heteroatoms. The van der Waals surface area contributed by atoms with Crippen molar-refractivity contribution in [1.82, 2.24) is 5.32 Å². The smallest absolute Gasteiger partial charge is 0.422 e. The monoisotopic (exact) mass is 352 g/mol. The molecule has 3 N–H and O–H groups in total. The first-order valence-corrected chi connectivity index (χ1v) is 7.16. The zero-order valence-electron chi connectivity index (χ0n) is 12.4. The fourth-order valence-electron chi connectivity index (χ4n) is 2.53. The highest BCUT2D eigenvalue weighted by Crippen LogP contribution is 2.25. The van der Waals surface area contributed by atoms with E-state index in [-0.39, 0.29) is 42.6 Å². The molecular weight excluding hydrogens is 333 g/mol. The molecule has 1 amide bonds. The first-order chi connectivity index (χ1) is 10.3. The predicted molar refractivity (Wildman–Crippen MR) is 82.4 cm³/mol. The first-order valence-electron chi connectivity index (χ1n) is 7.16. The maximum absolute atomic E-state index is 12.2. The van der Waals surface area contributed by atoms with E-state index in [1.807, 2.05) is 0 Å². The molecule has 1 saturated carbocycles. The van der Waals surface area contributed by atoms with Crippen LogP contribution in [-0.2, 0) is 11.3 Å². The molecule has 0 saturated heterocycles. The van der Waals surface area contributed by atoms with Crippen molar-refractivity contribution >= 4 is 18.3 Å². The highest BCUT2D eigenvalue weighted by Gasteiger charge is 2.29. The Bertz CT molecular complexity index is 526. The summed E-state index contributed by atoms with van der Waals surface area (Å²) in [5, 5.41) is 2.74.